The lowest BCUT2D eigenvalue weighted by Gasteiger charge is -2.09. The van der Waals surface area contributed by atoms with Crippen molar-refractivity contribution >= 4 is 5.52 Å². The van der Waals surface area contributed by atoms with Crippen molar-refractivity contribution in [1.82, 2.24) is 14.4 Å². The molecule has 0 aliphatic heterocycles. The van der Waals surface area contributed by atoms with E-state index in [1.54, 1.807) is 20.4 Å². The van der Waals surface area contributed by atoms with Gasteiger partial charge in [0.1, 0.15) is 11.5 Å². The highest BCUT2D eigenvalue weighted by atomic mass is 16.5. The third-order valence-electron chi connectivity index (χ3n) is 4.10. The lowest BCUT2D eigenvalue weighted by atomic mass is 10.2. The van der Waals surface area contributed by atoms with Gasteiger partial charge in [0, 0.05) is 18.0 Å². The lowest BCUT2D eigenvalue weighted by Crippen LogP contribution is -1.93. The third kappa shape index (κ3) is 2.59. The van der Waals surface area contributed by atoms with Crippen LogP contribution in [-0.4, -0.2) is 28.6 Å². The Bertz CT molecular complexity index is 1030. The van der Waals surface area contributed by atoms with Gasteiger partial charge in [0.05, 0.1) is 25.4 Å². The summed E-state index contributed by atoms with van der Waals surface area (Å²) in [4.78, 5) is 9.31. The van der Waals surface area contributed by atoms with Crippen LogP contribution >= 0.6 is 0 Å². The monoisotopic (exact) mass is 331 g/mol. The molecule has 0 radical (unpaired) electrons. The summed E-state index contributed by atoms with van der Waals surface area (Å²) < 4.78 is 12.8. The fourth-order valence-corrected chi connectivity index (χ4v) is 2.91. The average Bonchev–Trinajstić information content (AvgIpc) is 3.08. The molecule has 0 saturated heterocycles. The fraction of sp³-hybridized carbons (Fsp3) is 0.100. The normalized spacial score (nSPS) is 10.8. The first-order chi connectivity index (χ1) is 12.3. The summed E-state index contributed by atoms with van der Waals surface area (Å²) in [6, 6.07) is 17.7. The summed E-state index contributed by atoms with van der Waals surface area (Å²) in [6.07, 6.45) is 3.78. The summed E-state index contributed by atoms with van der Waals surface area (Å²) in [5, 5.41) is 0. The molecule has 0 atom stereocenters. The molecule has 0 aliphatic carbocycles. The molecular formula is C20H17N3O2. The van der Waals surface area contributed by atoms with Gasteiger partial charge in [-0.25, -0.2) is 4.98 Å². The van der Waals surface area contributed by atoms with Crippen molar-refractivity contribution in [3.63, 3.8) is 0 Å². The molecule has 4 aromatic rings. The SMILES string of the molecule is COc1ccc(-c2nc(-c3ccccn3)c3ccccn23)cc1OC. The molecule has 124 valence electrons. The number of aromatic nitrogens is 3. The van der Waals surface area contributed by atoms with Crippen LogP contribution in [0.5, 0.6) is 11.5 Å². The maximum atomic E-state index is 5.43. The van der Waals surface area contributed by atoms with Crippen LogP contribution in [0.4, 0.5) is 0 Å². The van der Waals surface area contributed by atoms with Crippen LogP contribution in [0.15, 0.2) is 67.0 Å². The van der Waals surface area contributed by atoms with Crippen molar-refractivity contribution in [2.45, 2.75) is 0 Å². The zero-order chi connectivity index (χ0) is 17.2. The van der Waals surface area contributed by atoms with E-state index < -0.39 is 0 Å². The van der Waals surface area contributed by atoms with Gasteiger partial charge in [0.2, 0.25) is 0 Å². The van der Waals surface area contributed by atoms with E-state index in [9.17, 15) is 0 Å². The molecule has 4 rings (SSSR count). The number of hydrogen-bond donors (Lipinski definition) is 0. The Morgan fingerprint density at radius 1 is 0.880 bits per heavy atom. The topological polar surface area (TPSA) is 48.7 Å². The van der Waals surface area contributed by atoms with Gasteiger partial charge in [-0.1, -0.05) is 12.1 Å². The van der Waals surface area contributed by atoms with E-state index in [1.807, 2.05) is 60.8 Å². The second-order valence-electron chi connectivity index (χ2n) is 5.52. The molecule has 0 fully saturated rings. The first-order valence-electron chi connectivity index (χ1n) is 7.92. The highest BCUT2D eigenvalue weighted by Crippen LogP contribution is 2.34. The predicted molar refractivity (Wildman–Crippen MR) is 97.0 cm³/mol. The molecule has 25 heavy (non-hydrogen) atoms. The Kier molecular flexibility index (Phi) is 3.82. The van der Waals surface area contributed by atoms with Gasteiger partial charge in [-0.2, -0.15) is 0 Å². The Balaban J connectivity index is 1.94. The second-order valence-corrected chi connectivity index (χ2v) is 5.52. The molecule has 3 heterocycles. The summed E-state index contributed by atoms with van der Waals surface area (Å²) in [7, 11) is 3.26. The molecule has 0 saturated carbocycles. The van der Waals surface area contributed by atoms with Crippen LogP contribution in [-0.2, 0) is 0 Å². The summed E-state index contributed by atoms with van der Waals surface area (Å²) in [5.41, 5.74) is 3.65. The zero-order valence-electron chi connectivity index (χ0n) is 14.0. The number of hydrogen-bond acceptors (Lipinski definition) is 4. The number of nitrogens with zero attached hydrogens (tertiary/aromatic N) is 3. The van der Waals surface area contributed by atoms with Crippen LogP contribution in [0.3, 0.4) is 0 Å². The van der Waals surface area contributed by atoms with Gasteiger partial charge in [0.15, 0.2) is 11.5 Å². The van der Waals surface area contributed by atoms with E-state index in [1.165, 1.54) is 0 Å². The average molecular weight is 331 g/mol. The van der Waals surface area contributed by atoms with E-state index in [2.05, 4.69) is 9.38 Å². The van der Waals surface area contributed by atoms with Crippen LogP contribution in [0.25, 0.3) is 28.3 Å². The smallest absolute Gasteiger partial charge is 0.161 e. The van der Waals surface area contributed by atoms with E-state index in [0.717, 1.165) is 28.3 Å². The summed E-state index contributed by atoms with van der Waals surface area (Å²) in [5.74, 6) is 2.20. The van der Waals surface area contributed by atoms with E-state index in [4.69, 9.17) is 14.5 Å². The van der Waals surface area contributed by atoms with Gasteiger partial charge in [-0.3, -0.25) is 9.38 Å². The van der Waals surface area contributed by atoms with Crippen molar-refractivity contribution < 1.29 is 9.47 Å². The minimum Gasteiger partial charge on any atom is -0.493 e. The Hall–Kier alpha value is -3.34. The maximum Gasteiger partial charge on any atom is 0.161 e. The van der Waals surface area contributed by atoms with E-state index >= 15 is 0 Å². The molecular weight excluding hydrogens is 314 g/mol. The molecule has 5 heteroatoms. The van der Waals surface area contributed by atoms with Gasteiger partial charge in [-0.05, 0) is 42.5 Å². The van der Waals surface area contributed by atoms with Crippen molar-refractivity contribution in [1.29, 1.82) is 0 Å². The first-order valence-corrected chi connectivity index (χ1v) is 7.92. The number of fused-ring (bicyclic) bond motifs is 1. The Morgan fingerprint density at radius 3 is 2.48 bits per heavy atom. The number of imidazole rings is 1. The number of benzene rings is 1. The number of ether oxygens (including phenoxy) is 2. The highest BCUT2D eigenvalue weighted by molar-refractivity contribution is 5.80. The van der Waals surface area contributed by atoms with E-state index in [0.29, 0.717) is 11.5 Å². The molecule has 1 aromatic carbocycles. The molecule has 5 nitrogen and oxygen atoms in total. The lowest BCUT2D eigenvalue weighted by molar-refractivity contribution is 0.355. The van der Waals surface area contributed by atoms with Gasteiger partial charge in [-0.15, -0.1) is 0 Å². The zero-order valence-corrected chi connectivity index (χ0v) is 14.0. The predicted octanol–water partition coefficient (Wildman–Crippen LogP) is 4.08. The van der Waals surface area contributed by atoms with Crippen LogP contribution in [0, 0.1) is 0 Å². The first kappa shape index (κ1) is 15.2. The standard InChI is InChI=1S/C20H17N3O2/c1-24-17-10-9-14(13-18(17)25-2)20-22-19(15-7-3-5-11-21-15)16-8-4-6-12-23(16)20/h3-13H,1-2H3. The molecule has 0 bridgehead atoms. The number of methoxy groups -OCH3 is 2. The minimum absolute atomic E-state index is 0.673. The minimum atomic E-state index is 0.673. The Labute approximate surface area is 145 Å². The second kappa shape index (κ2) is 6.28. The van der Waals surface area contributed by atoms with Crippen LogP contribution in [0.2, 0.25) is 0 Å². The van der Waals surface area contributed by atoms with Crippen molar-refractivity contribution in [3.05, 3.63) is 67.0 Å². The third-order valence-corrected chi connectivity index (χ3v) is 4.10. The molecule has 0 unspecified atom stereocenters. The maximum absolute atomic E-state index is 5.43. The van der Waals surface area contributed by atoms with Crippen LogP contribution in [0.1, 0.15) is 0 Å². The van der Waals surface area contributed by atoms with Gasteiger partial charge >= 0.3 is 0 Å². The number of rotatable bonds is 4. The van der Waals surface area contributed by atoms with Gasteiger partial charge < -0.3 is 9.47 Å². The van der Waals surface area contributed by atoms with Crippen molar-refractivity contribution in [3.8, 4) is 34.3 Å². The molecule has 0 N–H and O–H groups in total. The molecule has 3 aromatic heterocycles. The molecule has 0 spiro atoms. The van der Waals surface area contributed by atoms with Crippen molar-refractivity contribution in [2.75, 3.05) is 14.2 Å². The molecule has 0 aliphatic rings. The number of pyridine rings is 2. The summed E-state index contributed by atoms with van der Waals surface area (Å²) in [6.45, 7) is 0. The highest BCUT2D eigenvalue weighted by Gasteiger charge is 2.16. The van der Waals surface area contributed by atoms with Gasteiger partial charge in [0.25, 0.3) is 0 Å². The Morgan fingerprint density at radius 2 is 1.72 bits per heavy atom. The largest absolute Gasteiger partial charge is 0.493 e. The molecule has 0 amide bonds. The summed E-state index contributed by atoms with van der Waals surface area (Å²) >= 11 is 0. The fourth-order valence-electron chi connectivity index (χ4n) is 2.91. The van der Waals surface area contributed by atoms with Crippen molar-refractivity contribution in [2.24, 2.45) is 0 Å². The van der Waals surface area contributed by atoms with E-state index in [-0.39, 0.29) is 0 Å². The quantitative estimate of drug-likeness (QED) is 0.565. The van der Waals surface area contributed by atoms with Crippen LogP contribution < -0.4 is 9.47 Å².